The molecular weight excluding hydrogens is 572 g/mol. The van der Waals surface area contributed by atoms with Crippen LogP contribution in [0.3, 0.4) is 0 Å². The third-order valence-electron chi connectivity index (χ3n) is 10.6. The molecule has 0 amide bonds. The minimum absolute atomic E-state index is 0.110. The number of hydrogen-bond acceptors (Lipinski definition) is 3. The van der Waals surface area contributed by atoms with E-state index in [2.05, 4.69) is 147 Å². The average Bonchev–Trinajstić information content (AvgIpc) is 3.62. The Balaban J connectivity index is 1.23. The lowest BCUT2D eigenvalue weighted by Gasteiger charge is -2.25. The molecule has 2 heterocycles. The number of nitrogens with zero attached hydrogens (tertiary/aromatic N) is 2. The topological polar surface area (TPSA) is 38.9 Å². The Morgan fingerprint density at radius 3 is 2.06 bits per heavy atom. The van der Waals surface area contributed by atoms with Gasteiger partial charge in [-0.25, -0.2) is 9.97 Å². The van der Waals surface area contributed by atoms with Crippen molar-refractivity contribution < 1.29 is 4.42 Å². The Labute approximate surface area is 272 Å². The highest BCUT2D eigenvalue weighted by atomic mass is 16.3. The zero-order chi connectivity index (χ0) is 31.3. The van der Waals surface area contributed by atoms with Crippen LogP contribution in [0.15, 0.2) is 138 Å². The van der Waals surface area contributed by atoms with E-state index in [4.69, 9.17) is 14.4 Å². The zero-order valence-corrected chi connectivity index (χ0v) is 26.2. The van der Waals surface area contributed by atoms with Crippen molar-refractivity contribution in [2.75, 3.05) is 0 Å². The molecule has 10 rings (SSSR count). The zero-order valence-electron chi connectivity index (χ0n) is 26.2. The van der Waals surface area contributed by atoms with E-state index in [1.54, 1.807) is 0 Å². The summed E-state index contributed by atoms with van der Waals surface area (Å²) in [5, 5.41) is 7.95. The van der Waals surface area contributed by atoms with E-state index >= 15 is 0 Å². The first-order chi connectivity index (χ1) is 23.1. The SMILES string of the molecule is CCC1(C)c2ccccc2-c2ccc3c(oc4cc(-c5nc(-c6c7ccccc7cc7ccccc67)nc6ccccc56)ccc43)c21. The molecule has 3 nitrogen and oxygen atoms in total. The number of benzene rings is 7. The Kier molecular flexibility index (Phi) is 5.40. The molecule has 0 bridgehead atoms. The van der Waals surface area contributed by atoms with Gasteiger partial charge in [0.25, 0.3) is 0 Å². The second kappa shape index (κ2) is 9.60. The third kappa shape index (κ3) is 3.63. The molecule has 222 valence electrons. The second-order valence-electron chi connectivity index (χ2n) is 13.0. The molecule has 0 saturated heterocycles. The summed E-state index contributed by atoms with van der Waals surface area (Å²) in [5.41, 5.74) is 10.9. The maximum Gasteiger partial charge on any atom is 0.161 e. The summed E-state index contributed by atoms with van der Waals surface area (Å²) >= 11 is 0. The van der Waals surface area contributed by atoms with Gasteiger partial charge < -0.3 is 4.42 Å². The van der Waals surface area contributed by atoms with E-state index in [0.717, 1.165) is 72.7 Å². The first kappa shape index (κ1) is 26.4. The molecule has 0 saturated carbocycles. The van der Waals surface area contributed by atoms with Gasteiger partial charge in [0.2, 0.25) is 0 Å². The molecule has 9 aromatic rings. The van der Waals surface area contributed by atoms with Crippen molar-refractivity contribution in [2.24, 2.45) is 0 Å². The van der Waals surface area contributed by atoms with Gasteiger partial charge in [0.15, 0.2) is 5.82 Å². The molecule has 0 radical (unpaired) electrons. The maximum atomic E-state index is 6.88. The van der Waals surface area contributed by atoms with Crippen LogP contribution in [-0.4, -0.2) is 9.97 Å². The highest BCUT2D eigenvalue weighted by Gasteiger charge is 2.40. The molecule has 47 heavy (non-hydrogen) atoms. The standard InChI is InChI=1S/C44H30N2O/c1-3-44(2)36-18-10-8-16-31(36)33-22-23-34-32-21-20-28(25-38(32)47-42(34)40(33)44)41-35-17-9-11-19-37(35)45-43(46-41)39-29-14-6-4-12-26(29)24-27-13-5-7-15-30(27)39/h4-25H,3H2,1-2H3. The molecule has 0 N–H and O–H groups in total. The summed E-state index contributed by atoms with van der Waals surface area (Å²) in [6, 6.07) is 47.6. The highest BCUT2D eigenvalue weighted by molar-refractivity contribution is 6.13. The van der Waals surface area contributed by atoms with Crippen molar-refractivity contribution in [3.05, 3.63) is 145 Å². The lowest BCUT2D eigenvalue weighted by Crippen LogP contribution is -2.19. The molecule has 3 heteroatoms. The van der Waals surface area contributed by atoms with Crippen LogP contribution in [0.5, 0.6) is 0 Å². The van der Waals surface area contributed by atoms with Crippen LogP contribution in [0, 0.1) is 0 Å². The molecule has 2 aromatic heterocycles. The van der Waals surface area contributed by atoms with Gasteiger partial charge in [-0.1, -0.05) is 117 Å². The summed E-state index contributed by atoms with van der Waals surface area (Å²) in [6.07, 6.45) is 0.997. The van der Waals surface area contributed by atoms with Crippen LogP contribution < -0.4 is 0 Å². The van der Waals surface area contributed by atoms with Gasteiger partial charge in [0.05, 0.1) is 11.2 Å². The number of para-hydroxylation sites is 1. The molecule has 0 aliphatic heterocycles. The Hall–Kier alpha value is -5.80. The van der Waals surface area contributed by atoms with Crippen molar-refractivity contribution in [3.63, 3.8) is 0 Å². The van der Waals surface area contributed by atoms with Crippen molar-refractivity contribution in [3.8, 4) is 33.8 Å². The fraction of sp³-hybridized carbons (Fsp3) is 0.0909. The number of furan rings is 1. The summed E-state index contributed by atoms with van der Waals surface area (Å²) in [4.78, 5) is 10.5. The van der Waals surface area contributed by atoms with Crippen LogP contribution in [-0.2, 0) is 5.41 Å². The van der Waals surface area contributed by atoms with Gasteiger partial charge in [-0.05, 0) is 75.0 Å². The van der Waals surface area contributed by atoms with Gasteiger partial charge >= 0.3 is 0 Å². The molecule has 1 aliphatic rings. The summed E-state index contributed by atoms with van der Waals surface area (Å²) in [7, 11) is 0. The predicted molar refractivity (Wildman–Crippen MR) is 195 cm³/mol. The monoisotopic (exact) mass is 602 g/mol. The Morgan fingerprint density at radius 2 is 1.28 bits per heavy atom. The van der Waals surface area contributed by atoms with E-state index in [9.17, 15) is 0 Å². The number of rotatable bonds is 3. The van der Waals surface area contributed by atoms with Crippen LogP contribution in [0.25, 0.3) is 88.2 Å². The summed E-state index contributed by atoms with van der Waals surface area (Å²) in [5.74, 6) is 0.727. The largest absolute Gasteiger partial charge is 0.456 e. The van der Waals surface area contributed by atoms with Crippen molar-refractivity contribution in [2.45, 2.75) is 25.7 Å². The van der Waals surface area contributed by atoms with E-state index < -0.39 is 0 Å². The molecular formula is C44H30N2O. The minimum Gasteiger partial charge on any atom is -0.456 e. The first-order valence-corrected chi connectivity index (χ1v) is 16.4. The third-order valence-corrected chi connectivity index (χ3v) is 10.6. The smallest absolute Gasteiger partial charge is 0.161 e. The van der Waals surface area contributed by atoms with Gasteiger partial charge in [0, 0.05) is 38.3 Å². The number of aromatic nitrogens is 2. The van der Waals surface area contributed by atoms with E-state index in [-0.39, 0.29) is 5.41 Å². The molecule has 7 aromatic carbocycles. The van der Waals surface area contributed by atoms with E-state index in [1.165, 1.54) is 33.0 Å². The molecule has 1 aliphatic carbocycles. The van der Waals surface area contributed by atoms with Crippen molar-refractivity contribution in [1.29, 1.82) is 0 Å². The lowest BCUT2D eigenvalue weighted by molar-refractivity contribution is 0.553. The lowest BCUT2D eigenvalue weighted by atomic mass is 9.77. The second-order valence-corrected chi connectivity index (χ2v) is 13.0. The van der Waals surface area contributed by atoms with Crippen LogP contribution in [0.4, 0.5) is 0 Å². The van der Waals surface area contributed by atoms with Gasteiger partial charge in [-0.2, -0.15) is 0 Å². The van der Waals surface area contributed by atoms with Gasteiger partial charge in [-0.3, -0.25) is 0 Å². The van der Waals surface area contributed by atoms with E-state index in [1.807, 2.05) is 0 Å². The first-order valence-electron chi connectivity index (χ1n) is 16.4. The molecule has 1 unspecified atom stereocenters. The summed E-state index contributed by atoms with van der Waals surface area (Å²) < 4.78 is 6.88. The molecule has 1 atom stereocenters. The maximum absolute atomic E-state index is 6.88. The Morgan fingerprint density at radius 1 is 0.596 bits per heavy atom. The minimum atomic E-state index is -0.110. The summed E-state index contributed by atoms with van der Waals surface area (Å²) in [6.45, 7) is 4.64. The molecule has 0 fully saturated rings. The number of fused-ring (bicyclic) bond motifs is 10. The number of hydrogen-bond donors (Lipinski definition) is 0. The fourth-order valence-electron chi connectivity index (χ4n) is 8.12. The van der Waals surface area contributed by atoms with Crippen LogP contribution >= 0.6 is 0 Å². The molecule has 0 spiro atoms. The Bertz CT molecular complexity index is 2700. The highest BCUT2D eigenvalue weighted by Crippen LogP contribution is 2.54. The van der Waals surface area contributed by atoms with Gasteiger partial charge in [-0.15, -0.1) is 0 Å². The fourth-order valence-corrected chi connectivity index (χ4v) is 8.12. The van der Waals surface area contributed by atoms with E-state index in [0.29, 0.717) is 0 Å². The van der Waals surface area contributed by atoms with Crippen LogP contribution in [0.2, 0.25) is 0 Å². The van der Waals surface area contributed by atoms with Crippen molar-refractivity contribution >= 4 is 54.4 Å². The van der Waals surface area contributed by atoms with Crippen LogP contribution in [0.1, 0.15) is 31.4 Å². The van der Waals surface area contributed by atoms with Gasteiger partial charge in [0.1, 0.15) is 11.2 Å². The average molecular weight is 603 g/mol. The van der Waals surface area contributed by atoms with Crippen molar-refractivity contribution in [1.82, 2.24) is 9.97 Å². The quantitative estimate of drug-likeness (QED) is 0.189. The normalized spacial score (nSPS) is 15.6. The predicted octanol–water partition coefficient (Wildman–Crippen LogP) is 11.9.